The number of amides is 1. The summed E-state index contributed by atoms with van der Waals surface area (Å²) in [6.45, 7) is 2.06. The van der Waals surface area contributed by atoms with Gasteiger partial charge in [0.1, 0.15) is 0 Å². The molecule has 0 aliphatic heterocycles. The number of rotatable bonds is 6. The third-order valence-corrected chi connectivity index (χ3v) is 3.86. The van der Waals surface area contributed by atoms with Crippen LogP contribution in [-0.4, -0.2) is 21.9 Å². The molecule has 1 heterocycles. The minimum Gasteiger partial charge on any atom is -0.415 e. The molecule has 3 N–H and O–H groups in total. The lowest BCUT2D eigenvalue weighted by atomic mass is 10.1. The van der Waals surface area contributed by atoms with E-state index in [1.807, 2.05) is 25.1 Å². The molecule has 0 radical (unpaired) electrons. The van der Waals surface area contributed by atoms with Crippen molar-refractivity contribution in [3.63, 3.8) is 0 Å². The van der Waals surface area contributed by atoms with E-state index >= 15 is 0 Å². The highest BCUT2D eigenvalue weighted by Crippen LogP contribution is 2.22. The average molecular weight is 327 g/mol. The van der Waals surface area contributed by atoms with Crippen LogP contribution in [0.25, 0.3) is 0 Å². The molecule has 1 aromatic heterocycles. The highest BCUT2D eigenvalue weighted by molar-refractivity contribution is 7.99. The fraction of sp³-hybridized carbons (Fsp3) is 0.308. The number of aromatic nitrogens is 2. The van der Waals surface area contributed by atoms with E-state index in [1.54, 1.807) is 6.07 Å². The van der Waals surface area contributed by atoms with Gasteiger partial charge in [-0.3, -0.25) is 4.79 Å². The zero-order valence-electron chi connectivity index (χ0n) is 11.4. The van der Waals surface area contributed by atoms with E-state index < -0.39 is 0 Å². The number of hydrogen-bond donors (Lipinski definition) is 2. The minimum absolute atomic E-state index is 0.139. The second-order valence-electron chi connectivity index (χ2n) is 4.27. The number of halogens is 1. The summed E-state index contributed by atoms with van der Waals surface area (Å²) >= 11 is 7.26. The number of benzene rings is 1. The molecule has 1 atom stereocenters. The number of carbonyl (C=O) groups is 1. The third kappa shape index (κ3) is 4.45. The molecular weight excluding hydrogens is 312 g/mol. The SMILES string of the molecule is CC(NC(=O)CSc1nnc(CN)o1)c1ccccc1Cl. The predicted molar refractivity (Wildman–Crippen MR) is 80.9 cm³/mol. The Morgan fingerprint density at radius 1 is 1.48 bits per heavy atom. The van der Waals surface area contributed by atoms with Gasteiger partial charge in [0.05, 0.1) is 18.3 Å². The maximum atomic E-state index is 11.9. The lowest BCUT2D eigenvalue weighted by molar-refractivity contribution is -0.119. The number of carbonyl (C=O) groups excluding carboxylic acids is 1. The van der Waals surface area contributed by atoms with Crippen LogP contribution in [-0.2, 0) is 11.3 Å². The van der Waals surface area contributed by atoms with Crippen LogP contribution in [0.15, 0.2) is 33.9 Å². The second-order valence-corrected chi connectivity index (χ2v) is 5.60. The van der Waals surface area contributed by atoms with E-state index in [2.05, 4.69) is 15.5 Å². The molecule has 0 saturated heterocycles. The first kappa shape index (κ1) is 15.8. The van der Waals surface area contributed by atoms with E-state index in [9.17, 15) is 4.79 Å². The molecular formula is C13H15ClN4O2S. The largest absolute Gasteiger partial charge is 0.415 e. The van der Waals surface area contributed by atoms with Gasteiger partial charge in [0.15, 0.2) is 0 Å². The number of hydrogen-bond acceptors (Lipinski definition) is 6. The van der Waals surface area contributed by atoms with Crippen molar-refractivity contribution < 1.29 is 9.21 Å². The Kier molecular flexibility index (Phi) is 5.60. The molecule has 2 aromatic rings. The van der Waals surface area contributed by atoms with Crippen LogP contribution in [0.2, 0.25) is 5.02 Å². The van der Waals surface area contributed by atoms with Crippen molar-refractivity contribution in [2.24, 2.45) is 5.73 Å². The Morgan fingerprint density at radius 2 is 2.24 bits per heavy atom. The van der Waals surface area contributed by atoms with Crippen LogP contribution in [0.1, 0.15) is 24.4 Å². The molecule has 0 fully saturated rings. The summed E-state index contributed by atoms with van der Waals surface area (Å²) in [6, 6.07) is 7.23. The zero-order valence-corrected chi connectivity index (χ0v) is 12.9. The van der Waals surface area contributed by atoms with Crippen LogP contribution >= 0.6 is 23.4 Å². The first-order chi connectivity index (χ1) is 10.1. The van der Waals surface area contributed by atoms with Gasteiger partial charge in [0.25, 0.3) is 5.22 Å². The van der Waals surface area contributed by atoms with Crippen molar-refractivity contribution >= 4 is 29.3 Å². The Balaban J connectivity index is 1.85. The summed E-state index contributed by atoms with van der Waals surface area (Å²) < 4.78 is 5.21. The Hall–Kier alpha value is -1.57. The minimum atomic E-state index is -0.172. The summed E-state index contributed by atoms with van der Waals surface area (Å²) in [5, 5.41) is 11.3. The number of thioether (sulfide) groups is 1. The predicted octanol–water partition coefficient (Wildman–Crippen LogP) is 2.15. The molecule has 2 rings (SSSR count). The summed E-state index contributed by atoms with van der Waals surface area (Å²) in [7, 11) is 0. The zero-order chi connectivity index (χ0) is 15.2. The smallest absolute Gasteiger partial charge is 0.277 e. The molecule has 0 aliphatic rings. The van der Waals surface area contributed by atoms with E-state index in [-0.39, 0.29) is 24.2 Å². The molecule has 1 amide bonds. The molecule has 6 nitrogen and oxygen atoms in total. The van der Waals surface area contributed by atoms with Crippen LogP contribution in [0, 0.1) is 0 Å². The highest BCUT2D eigenvalue weighted by Gasteiger charge is 2.14. The molecule has 0 bridgehead atoms. The molecule has 0 aliphatic carbocycles. The van der Waals surface area contributed by atoms with Crippen molar-refractivity contribution in [2.45, 2.75) is 24.7 Å². The molecule has 1 aromatic carbocycles. The third-order valence-electron chi connectivity index (χ3n) is 2.70. The monoisotopic (exact) mass is 326 g/mol. The summed E-state index contributed by atoms with van der Waals surface area (Å²) in [6.07, 6.45) is 0. The maximum Gasteiger partial charge on any atom is 0.277 e. The summed E-state index contributed by atoms with van der Waals surface area (Å²) in [5.41, 5.74) is 6.24. The summed E-state index contributed by atoms with van der Waals surface area (Å²) in [5.74, 6) is 0.392. The first-order valence-electron chi connectivity index (χ1n) is 6.29. The van der Waals surface area contributed by atoms with Gasteiger partial charge in [-0.05, 0) is 18.6 Å². The van der Waals surface area contributed by atoms with Crippen molar-refractivity contribution in [3.8, 4) is 0 Å². The van der Waals surface area contributed by atoms with Gasteiger partial charge >= 0.3 is 0 Å². The second kappa shape index (κ2) is 7.44. The van der Waals surface area contributed by atoms with Gasteiger partial charge in [-0.15, -0.1) is 10.2 Å². The normalized spacial score (nSPS) is 12.1. The Labute approximate surface area is 131 Å². The maximum absolute atomic E-state index is 11.9. The van der Waals surface area contributed by atoms with E-state index in [1.165, 1.54) is 11.8 Å². The Bertz CT molecular complexity index is 620. The Morgan fingerprint density at radius 3 is 2.90 bits per heavy atom. The first-order valence-corrected chi connectivity index (χ1v) is 7.65. The molecule has 112 valence electrons. The van der Waals surface area contributed by atoms with Crippen LogP contribution < -0.4 is 11.1 Å². The van der Waals surface area contributed by atoms with Crippen LogP contribution in [0.3, 0.4) is 0 Å². The lowest BCUT2D eigenvalue weighted by Crippen LogP contribution is -2.28. The standard InChI is InChI=1S/C13H15ClN4O2S/c1-8(9-4-2-3-5-10(9)14)16-11(19)7-21-13-18-17-12(6-15)20-13/h2-5,8H,6-7,15H2,1H3,(H,16,19). The number of nitrogens with two attached hydrogens (primary N) is 1. The fourth-order valence-corrected chi connectivity index (χ4v) is 2.58. The average Bonchev–Trinajstić information content (AvgIpc) is 2.93. The molecule has 8 heteroatoms. The summed E-state index contributed by atoms with van der Waals surface area (Å²) in [4.78, 5) is 11.9. The molecule has 0 spiro atoms. The van der Waals surface area contributed by atoms with Gasteiger partial charge in [0, 0.05) is 5.02 Å². The lowest BCUT2D eigenvalue weighted by Gasteiger charge is -2.15. The van der Waals surface area contributed by atoms with Crippen molar-refractivity contribution in [2.75, 3.05) is 5.75 Å². The topological polar surface area (TPSA) is 94.0 Å². The molecule has 21 heavy (non-hydrogen) atoms. The van der Waals surface area contributed by atoms with E-state index in [4.69, 9.17) is 21.8 Å². The van der Waals surface area contributed by atoms with Gasteiger partial charge in [-0.25, -0.2) is 0 Å². The number of nitrogens with zero attached hydrogens (tertiary/aromatic N) is 2. The van der Waals surface area contributed by atoms with Crippen molar-refractivity contribution in [3.05, 3.63) is 40.7 Å². The fourth-order valence-electron chi connectivity index (χ4n) is 1.69. The van der Waals surface area contributed by atoms with Gasteiger partial charge < -0.3 is 15.5 Å². The van der Waals surface area contributed by atoms with E-state index in [0.717, 1.165) is 5.56 Å². The van der Waals surface area contributed by atoms with Crippen molar-refractivity contribution in [1.29, 1.82) is 0 Å². The van der Waals surface area contributed by atoms with Crippen molar-refractivity contribution in [1.82, 2.24) is 15.5 Å². The van der Waals surface area contributed by atoms with Gasteiger partial charge in [-0.2, -0.15) is 0 Å². The quantitative estimate of drug-likeness (QED) is 0.790. The van der Waals surface area contributed by atoms with Gasteiger partial charge in [-0.1, -0.05) is 41.6 Å². The van der Waals surface area contributed by atoms with Crippen LogP contribution in [0.5, 0.6) is 0 Å². The van der Waals surface area contributed by atoms with Crippen LogP contribution in [0.4, 0.5) is 0 Å². The highest BCUT2D eigenvalue weighted by atomic mass is 35.5. The molecule has 1 unspecified atom stereocenters. The number of nitrogens with one attached hydrogen (secondary N) is 1. The van der Waals surface area contributed by atoms with E-state index in [0.29, 0.717) is 16.1 Å². The molecule has 0 saturated carbocycles. The van der Waals surface area contributed by atoms with Gasteiger partial charge in [0.2, 0.25) is 11.8 Å².